The molecule has 2 aromatic heterocycles. The molecule has 3 rings (SSSR count). The Morgan fingerprint density at radius 3 is 2.54 bits per heavy atom. The maximum Gasteiger partial charge on any atom is 0.273 e. The van der Waals surface area contributed by atoms with Crippen LogP contribution in [0, 0.1) is 13.8 Å². The van der Waals surface area contributed by atoms with Gasteiger partial charge in [-0.2, -0.15) is 4.98 Å². The lowest BCUT2D eigenvalue weighted by molar-refractivity contribution is 0.416. The molecule has 0 saturated heterocycles. The Labute approximate surface area is 139 Å². The molecule has 2 heterocycles. The van der Waals surface area contributed by atoms with Gasteiger partial charge >= 0.3 is 0 Å². The van der Waals surface area contributed by atoms with E-state index in [0.717, 1.165) is 5.56 Å². The molecule has 0 aliphatic carbocycles. The summed E-state index contributed by atoms with van der Waals surface area (Å²) in [6.07, 6.45) is 0.530. The third kappa shape index (κ3) is 3.24. The fraction of sp³-hybridized carbons (Fsp3) is 0.250. The van der Waals surface area contributed by atoms with Gasteiger partial charge in [0, 0.05) is 12.5 Å². The van der Waals surface area contributed by atoms with E-state index in [1.54, 1.807) is 6.92 Å². The van der Waals surface area contributed by atoms with Crippen LogP contribution >= 0.6 is 0 Å². The van der Waals surface area contributed by atoms with E-state index in [1.165, 1.54) is 18.7 Å². The molecule has 0 aliphatic rings. The van der Waals surface area contributed by atoms with E-state index < -0.39 is 10.0 Å². The summed E-state index contributed by atoms with van der Waals surface area (Å²) in [6.45, 7) is 3.67. The number of nitrogens with one attached hydrogen (secondary N) is 1. The number of rotatable bonds is 5. The Bertz CT molecular complexity index is 956. The number of sulfonamides is 1. The third-order valence-corrected chi connectivity index (χ3v) is 4.88. The summed E-state index contributed by atoms with van der Waals surface area (Å²) in [5, 5.41) is 3.77. The summed E-state index contributed by atoms with van der Waals surface area (Å²) in [6, 6.07) is 9.43. The normalized spacial score (nSPS) is 11.8. The molecule has 8 heteroatoms. The van der Waals surface area contributed by atoms with Gasteiger partial charge in [0.2, 0.25) is 5.09 Å². The van der Waals surface area contributed by atoms with Gasteiger partial charge in [0.05, 0.1) is 5.56 Å². The molecule has 0 bridgehead atoms. The van der Waals surface area contributed by atoms with Crippen molar-refractivity contribution < 1.29 is 17.4 Å². The molecule has 0 unspecified atom stereocenters. The maximum absolute atomic E-state index is 11.8. The number of hydrogen-bond acceptors (Lipinski definition) is 6. The number of aryl methyl sites for hydroxylation is 2. The van der Waals surface area contributed by atoms with Crippen molar-refractivity contribution >= 4 is 10.0 Å². The first-order valence-corrected chi connectivity index (χ1v) is 8.80. The number of nitrogens with zero attached hydrogens (tertiary/aromatic N) is 2. The van der Waals surface area contributed by atoms with E-state index in [0.29, 0.717) is 23.6 Å². The van der Waals surface area contributed by atoms with Crippen LogP contribution in [0.5, 0.6) is 0 Å². The van der Waals surface area contributed by atoms with E-state index in [9.17, 15) is 8.42 Å². The van der Waals surface area contributed by atoms with Gasteiger partial charge in [-0.15, -0.1) is 0 Å². The molecule has 0 aliphatic heterocycles. The first-order chi connectivity index (χ1) is 11.4. The Hall–Kier alpha value is -2.45. The Morgan fingerprint density at radius 2 is 1.88 bits per heavy atom. The molecule has 126 valence electrons. The topological polar surface area (TPSA) is 98.2 Å². The highest BCUT2D eigenvalue weighted by Crippen LogP contribution is 2.28. The smallest absolute Gasteiger partial charge is 0.273 e. The molecule has 0 fully saturated rings. The Morgan fingerprint density at radius 1 is 1.17 bits per heavy atom. The highest BCUT2D eigenvalue weighted by atomic mass is 32.2. The predicted octanol–water partition coefficient (Wildman–Crippen LogP) is 2.45. The van der Waals surface area contributed by atoms with Crippen molar-refractivity contribution in [3.05, 3.63) is 53.0 Å². The van der Waals surface area contributed by atoms with Crippen molar-refractivity contribution in [2.24, 2.45) is 0 Å². The van der Waals surface area contributed by atoms with Gasteiger partial charge in [-0.1, -0.05) is 35.0 Å². The van der Waals surface area contributed by atoms with Gasteiger partial charge in [-0.3, -0.25) is 0 Å². The number of benzene rings is 1. The predicted molar refractivity (Wildman–Crippen MR) is 87.0 cm³/mol. The summed E-state index contributed by atoms with van der Waals surface area (Å²) >= 11 is 0. The number of hydrogen-bond donors (Lipinski definition) is 1. The van der Waals surface area contributed by atoms with Crippen LogP contribution in [0.15, 0.2) is 44.4 Å². The van der Waals surface area contributed by atoms with Gasteiger partial charge in [0.1, 0.15) is 5.76 Å². The number of furan rings is 1. The van der Waals surface area contributed by atoms with Gasteiger partial charge in [-0.25, -0.2) is 13.1 Å². The zero-order valence-electron chi connectivity index (χ0n) is 13.5. The summed E-state index contributed by atoms with van der Waals surface area (Å²) < 4.78 is 36.3. The highest BCUT2D eigenvalue weighted by Gasteiger charge is 2.22. The minimum absolute atomic E-state index is 0.184. The second-order valence-electron chi connectivity index (χ2n) is 5.42. The van der Waals surface area contributed by atoms with Crippen molar-refractivity contribution in [1.82, 2.24) is 14.9 Å². The molecule has 1 N–H and O–H groups in total. The summed E-state index contributed by atoms with van der Waals surface area (Å²) in [5.74, 6) is 1.15. The van der Waals surface area contributed by atoms with Gasteiger partial charge in [0.15, 0.2) is 5.82 Å². The van der Waals surface area contributed by atoms with Crippen LogP contribution in [0.25, 0.3) is 11.5 Å². The van der Waals surface area contributed by atoms with Crippen molar-refractivity contribution in [2.75, 3.05) is 7.05 Å². The van der Waals surface area contributed by atoms with Crippen LogP contribution in [0.1, 0.15) is 22.7 Å². The Kier molecular flexibility index (Phi) is 4.25. The highest BCUT2D eigenvalue weighted by molar-refractivity contribution is 7.89. The SMILES string of the molecule is CNS(=O)(=O)c1cc(-c2nc(Cc3ccc(C)cc3)no2)c(C)o1. The van der Waals surface area contributed by atoms with Crippen LogP contribution in [0.4, 0.5) is 0 Å². The molecule has 0 amide bonds. The van der Waals surface area contributed by atoms with Crippen LogP contribution in [0.2, 0.25) is 0 Å². The minimum atomic E-state index is -3.66. The quantitative estimate of drug-likeness (QED) is 0.761. The minimum Gasteiger partial charge on any atom is -0.448 e. The standard InChI is InChI=1S/C16H17N3O4S/c1-10-4-6-12(7-5-10)8-14-18-16(23-19-14)13-9-15(22-11(13)2)24(20,21)17-3/h4-7,9,17H,8H2,1-3H3. The lowest BCUT2D eigenvalue weighted by Crippen LogP contribution is -2.17. The Balaban J connectivity index is 1.87. The average Bonchev–Trinajstić information content (AvgIpc) is 3.16. The molecule has 0 spiro atoms. The largest absolute Gasteiger partial charge is 0.448 e. The summed E-state index contributed by atoms with van der Waals surface area (Å²) in [4.78, 5) is 4.33. The summed E-state index contributed by atoms with van der Waals surface area (Å²) in [5.41, 5.74) is 2.71. The molecule has 0 radical (unpaired) electrons. The molecular weight excluding hydrogens is 330 g/mol. The fourth-order valence-electron chi connectivity index (χ4n) is 2.22. The van der Waals surface area contributed by atoms with E-state index in [-0.39, 0.29) is 11.0 Å². The second-order valence-corrected chi connectivity index (χ2v) is 7.24. The molecule has 0 atom stereocenters. The molecule has 24 heavy (non-hydrogen) atoms. The monoisotopic (exact) mass is 347 g/mol. The van der Waals surface area contributed by atoms with Gasteiger partial charge in [-0.05, 0) is 26.5 Å². The average molecular weight is 347 g/mol. The van der Waals surface area contributed by atoms with E-state index >= 15 is 0 Å². The summed E-state index contributed by atoms with van der Waals surface area (Å²) in [7, 11) is -2.34. The van der Waals surface area contributed by atoms with Crippen LogP contribution in [0.3, 0.4) is 0 Å². The first kappa shape index (κ1) is 16.4. The van der Waals surface area contributed by atoms with Crippen LogP contribution in [-0.4, -0.2) is 25.6 Å². The molecule has 7 nitrogen and oxygen atoms in total. The molecule has 1 aromatic carbocycles. The molecular formula is C16H17N3O4S. The lowest BCUT2D eigenvalue weighted by Gasteiger charge is -1.97. The van der Waals surface area contributed by atoms with Crippen LogP contribution < -0.4 is 4.72 Å². The van der Waals surface area contributed by atoms with E-state index in [4.69, 9.17) is 8.94 Å². The number of aromatic nitrogens is 2. The van der Waals surface area contributed by atoms with Crippen molar-refractivity contribution in [1.29, 1.82) is 0 Å². The first-order valence-electron chi connectivity index (χ1n) is 7.31. The second kappa shape index (κ2) is 6.21. The maximum atomic E-state index is 11.8. The molecule has 3 aromatic rings. The van der Waals surface area contributed by atoms with E-state index in [2.05, 4.69) is 14.9 Å². The van der Waals surface area contributed by atoms with Gasteiger partial charge < -0.3 is 8.94 Å². The zero-order valence-corrected chi connectivity index (χ0v) is 14.3. The van der Waals surface area contributed by atoms with Gasteiger partial charge in [0.25, 0.3) is 15.9 Å². The van der Waals surface area contributed by atoms with Crippen molar-refractivity contribution in [3.63, 3.8) is 0 Å². The molecule has 0 saturated carbocycles. The third-order valence-electron chi connectivity index (χ3n) is 3.61. The van der Waals surface area contributed by atoms with Crippen molar-refractivity contribution in [2.45, 2.75) is 25.4 Å². The van der Waals surface area contributed by atoms with Crippen molar-refractivity contribution in [3.8, 4) is 11.5 Å². The lowest BCUT2D eigenvalue weighted by atomic mass is 10.1. The van der Waals surface area contributed by atoms with Crippen LogP contribution in [-0.2, 0) is 16.4 Å². The fourth-order valence-corrected chi connectivity index (χ4v) is 2.93. The van der Waals surface area contributed by atoms with E-state index in [1.807, 2.05) is 31.2 Å². The zero-order chi connectivity index (χ0) is 17.3.